The standard InChI is InChI=1S/C17H22FN3O/c1-16(2)8-7-14(13-3-5-15(18)6-4-13)9-17(16,22)10-21-12-19-11-20-21/h3-6,11-12,14,22H,7-10H2,1-2H3/t14-,17+/m1/s1. The molecule has 1 aliphatic rings. The zero-order chi connectivity index (χ0) is 15.8. The summed E-state index contributed by atoms with van der Waals surface area (Å²) in [6, 6.07) is 6.64. The second kappa shape index (κ2) is 5.47. The first kappa shape index (κ1) is 15.2. The van der Waals surface area contributed by atoms with Crippen LogP contribution in [-0.4, -0.2) is 25.5 Å². The maximum absolute atomic E-state index is 13.1. The Labute approximate surface area is 130 Å². The summed E-state index contributed by atoms with van der Waals surface area (Å²) < 4.78 is 14.8. The number of rotatable bonds is 3. The van der Waals surface area contributed by atoms with Crippen molar-refractivity contribution in [3.8, 4) is 0 Å². The van der Waals surface area contributed by atoms with E-state index in [4.69, 9.17) is 0 Å². The van der Waals surface area contributed by atoms with Crippen molar-refractivity contribution in [2.45, 2.75) is 51.2 Å². The molecule has 0 spiro atoms. The normalized spacial score (nSPS) is 27.7. The summed E-state index contributed by atoms with van der Waals surface area (Å²) in [5.41, 5.74) is 0.0296. The highest BCUT2D eigenvalue weighted by Gasteiger charge is 2.48. The van der Waals surface area contributed by atoms with Crippen molar-refractivity contribution in [1.82, 2.24) is 14.8 Å². The van der Waals surface area contributed by atoms with Crippen LogP contribution in [0.2, 0.25) is 0 Å². The van der Waals surface area contributed by atoms with Gasteiger partial charge >= 0.3 is 0 Å². The highest BCUT2D eigenvalue weighted by molar-refractivity contribution is 5.22. The molecule has 0 radical (unpaired) electrons. The molecule has 4 nitrogen and oxygen atoms in total. The molecule has 1 aromatic heterocycles. The fraction of sp³-hybridized carbons (Fsp3) is 0.529. The zero-order valence-corrected chi connectivity index (χ0v) is 13.0. The van der Waals surface area contributed by atoms with Crippen LogP contribution in [0.5, 0.6) is 0 Å². The van der Waals surface area contributed by atoms with Gasteiger partial charge in [0.15, 0.2) is 0 Å². The SMILES string of the molecule is CC1(C)CC[C@@H](c2ccc(F)cc2)C[C@]1(O)Cn1cncn1. The molecule has 1 aromatic carbocycles. The summed E-state index contributed by atoms with van der Waals surface area (Å²) in [6.45, 7) is 4.63. The van der Waals surface area contributed by atoms with Crippen molar-refractivity contribution in [3.63, 3.8) is 0 Å². The number of aliphatic hydroxyl groups is 1. The van der Waals surface area contributed by atoms with Crippen LogP contribution >= 0.6 is 0 Å². The quantitative estimate of drug-likeness (QED) is 0.947. The van der Waals surface area contributed by atoms with Crippen molar-refractivity contribution >= 4 is 0 Å². The van der Waals surface area contributed by atoms with E-state index in [1.807, 2.05) is 12.1 Å². The van der Waals surface area contributed by atoms with Crippen molar-refractivity contribution < 1.29 is 9.50 Å². The third-order valence-corrected chi connectivity index (χ3v) is 5.19. The van der Waals surface area contributed by atoms with Crippen LogP contribution in [0.3, 0.4) is 0 Å². The lowest BCUT2D eigenvalue weighted by molar-refractivity contribution is -0.115. The zero-order valence-electron chi connectivity index (χ0n) is 13.0. The van der Waals surface area contributed by atoms with Gasteiger partial charge in [-0.1, -0.05) is 26.0 Å². The van der Waals surface area contributed by atoms with E-state index >= 15 is 0 Å². The first-order valence-corrected chi connectivity index (χ1v) is 7.70. The van der Waals surface area contributed by atoms with Crippen LogP contribution < -0.4 is 0 Å². The molecular weight excluding hydrogens is 281 g/mol. The van der Waals surface area contributed by atoms with E-state index < -0.39 is 5.60 Å². The summed E-state index contributed by atoms with van der Waals surface area (Å²) in [7, 11) is 0. The molecule has 0 bridgehead atoms. The molecule has 3 rings (SSSR count). The smallest absolute Gasteiger partial charge is 0.137 e. The van der Waals surface area contributed by atoms with Gasteiger partial charge < -0.3 is 5.11 Å². The Morgan fingerprint density at radius 1 is 1.32 bits per heavy atom. The summed E-state index contributed by atoms with van der Waals surface area (Å²) in [5.74, 6) is 0.0138. The highest BCUT2D eigenvalue weighted by Crippen LogP contribution is 2.49. The summed E-state index contributed by atoms with van der Waals surface area (Å²) >= 11 is 0. The number of hydrogen-bond acceptors (Lipinski definition) is 3. The van der Waals surface area contributed by atoms with Crippen LogP contribution in [0, 0.1) is 11.2 Å². The Morgan fingerprint density at radius 3 is 2.68 bits per heavy atom. The maximum atomic E-state index is 13.1. The first-order valence-electron chi connectivity index (χ1n) is 7.70. The molecule has 22 heavy (non-hydrogen) atoms. The fourth-order valence-corrected chi connectivity index (χ4v) is 3.43. The van der Waals surface area contributed by atoms with Crippen LogP contribution in [0.15, 0.2) is 36.9 Å². The van der Waals surface area contributed by atoms with E-state index in [1.165, 1.54) is 18.5 Å². The monoisotopic (exact) mass is 303 g/mol. The van der Waals surface area contributed by atoms with E-state index in [0.29, 0.717) is 13.0 Å². The van der Waals surface area contributed by atoms with Crippen LogP contribution in [0.1, 0.15) is 44.6 Å². The van der Waals surface area contributed by atoms with Crippen LogP contribution in [-0.2, 0) is 6.54 Å². The second-order valence-electron chi connectivity index (χ2n) is 7.00. The van der Waals surface area contributed by atoms with Crippen molar-refractivity contribution in [2.75, 3.05) is 0 Å². The van der Waals surface area contributed by atoms with E-state index in [0.717, 1.165) is 18.4 Å². The molecular formula is C17H22FN3O. The summed E-state index contributed by atoms with van der Waals surface area (Å²) in [6.07, 6.45) is 5.68. The van der Waals surface area contributed by atoms with Gasteiger partial charge in [0.25, 0.3) is 0 Å². The van der Waals surface area contributed by atoms with Gasteiger partial charge in [-0.05, 0) is 48.3 Å². The number of hydrogen-bond donors (Lipinski definition) is 1. The lowest BCUT2D eigenvalue weighted by atomic mass is 9.61. The molecule has 118 valence electrons. The van der Waals surface area contributed by atoms with Gasteiger partial charge in [-0.25, -0.2) is 9.37 Å². The first-order chi connectivity index (χ1) is 10.4. The molecule has 2 atom stereocenters. The third kappa shape index (κ3) is 2.77. The van der Waals surface area contributed by atoms with E-state index in [2.05, 4.69) is 23.9 Å². The topological polar surface area (TPSA) is 50.9 Å². The Balaban J connectivity index is 1.84. The molecule has 0 amide bonds. The summed E-state index contributed by atoms with van der Waals surface area (Å²) in [5, 5.41) is 15.4. The molecule has 1 aliphatic carbocycles. The van der Waals surface area contributed by atoms with Crippen LogP contribution in [0.4, 0.5) is 4.39 Å². The fourth-order valence-electron chi connectivity index (χ4n) is 3.43. The maximum Gasteiger partial charge on any atom is 0.137 e. The van der Waals surface area contributed by atoms with E-state index in [-0.39, 0.29) is 17.2 Å². The molecule has 0 aliphatic heterocycles. The summed E-state index contributed by atoms with van der Waals surface area (Å²) in [4.78, 5) is 3.95. The molecule has 5 heteroatoms. The molecule has 1 fully saturated rings. The number of aromatic nitrogens is 3. The van der Waals surface area contributed by atoms with E-state index in [1.54, 1.807) is 11.0 Å². The van der Waals surface area contributed by atoms with Gasteiger partial charge in [0.1, 0.15) is 18.5 Å². The highest BCUT2D eigenvalue weighted by atomic mass is 19.1. The average molecular weight is 303 g/mol. The molecule has 2 aromatic rings. The minimum atomic E-state index is -0.863. The number of halogens is 1. The molecule has 1 saturated carbocycles. The van der Waals surface area contributed by atoms with Crippen LogP contribution in [0.25, 0.3) is 0 Å². The number of nitrogens with zero attached hydrogens (tertiary/aromatic N) is 3. The van der Waals surface area contributed by atoms with Gasteiger partial charge in [0, 0.05) is 0 Å². The number of benzene rings is 1. The molecule has 0 saturated heterocycles. The van der Waals surface area contributed by atoms with Gasteiger partial charge in [0.05, 0.1) is 12.1 Å². The van der Waals surface area contributed by atoms with Gasteiger partial charge in [-0.3, -0.25) is 4.68 Å². The Bertz CT molecular complexity index is 624. The van der Waals surface area contributed by atoms with Gasteiger partial charge in [-0.2, -0.15) is 5.10 Å². The van der Waals surface area contributed by atoms with Crippen molar-refractivity contribution in [1.29, 1.82) is 0 Å². The van der Waals surface area contributed by atoms with Crippen molar-refractivity contribution in [3.05, 3.63) is 48.3 Å². The second-order valence-corrected chi connectivity index (χ2v) is 7.00. The van der Waals surface area contributed by atoms with Gasteiger partial charge in [-0.15, -0.1) is 0 Å². The Morgan fingerprint density at radius 2 is 2.05 bits per heavy atom. The minimum Gasteiger partial charge on any atom is -0.387 e. The van der Waals surface area contributed by atoms with Crippen molar-refractivity contribution in [2.24, 2.45) is 5.41 Å². The molecule has 1 heterocycles. The predicted molar refractivity (Wildman–Crippen MR) is 81.7 cm³/mol. The average Bonchev–Trinajstić information content (AvgIpc) is 2.96. The third-order valence-electron chi connectivity index (χ3n) is 5.19. The van der Waals surface area contributed by atoms with Gasteiger partial charge in [0.2, 0.25) is 0 Å². The lowest BCUT2D eigenvalue weighted by Crippen LogP contribution is -2.52. The lowest BCUT2D eigenvalue weighted by Gasteiger charge is -2.49. The molecule has 0 unspecified atom stereocenters. The Hall–Kier alpha value is -1.75. The Kier molecular flexibility index (Phi) is 3.77. The predicted octanol–water partition coefficient (Wildman–Crippen LogP) is 3.14. The molecule has 1 N–H and O–H groups in total. The van der Waals surface area contributed by atoms with E-state index in [9.17, 15) is 9.50 Å². The minimum absolute atomic E-state index is 0.199. The largest absolute Gasteiger partial charge is 0.387 e.